The van der Waals surface area contributed by atoms with Crippen LogP contribution in [0.3, 0.4) is 0 Å². The largest absolute Gasteiger partial charge is 0.352 e. The summed E-state index contributed by atoms with van der Waals surface area (Å²) in [5, 5.41) is 6.59. The number of hydrogen-bond donors (Lipinski definition) is 2. The second-order valence-corrected chi connectivity index (χ2v) is 5.96. The van der Waals surface area contributed by atoms with Gasteiger partial charge in [0, 0.05) is 31.7 Å². The first-order chi connectivity index (χ1) is 8.66. The smallest absolute Gasteiger partial charge is 0.234 e. The highest BCUT2D eigenvalue weighted by Crippen LogP contribution is 2.23. The predicted octanol–water partition coefficient (Wildman–Crippen LogP) is 1.40. The van der Waals surface area contributed by atoms with Gasteiger partial charge in [0.05, 0.1) is 6.54 Å². The number of carbonyl (C=O) groups excluding carboxylic acids is 1. The maximum Gasteiger partial charge on any atom is 0.234 e. The van der Waals surface area contributed by atoms with Gasteiger partial charge in [-0.1, -0.05) is 19.8 Å². The lowest BCUT2D eigenvalue weighted by atomic mass is 9.86. The number of hydrogen-bond acceptors (Lipinski definition) is 3. The van der Waals surface area contributed by atoms with Gasteiger partial charge in [-0.15, -0.1) is 12.4 Å². The van der Waals surface area contributed by atoms with E-state index < -0.39 is 0 Å². The minimum atomic E-state index is 0. The van der Waals surface area contributed by atoms with Gasteiger partial charge in [-0.05, 0) is 25.7 Å². The van der Waals surface area contributed by atoms with E-state index in [1.165, 1.54) is 19.3 Å². The van der Waals surface area contributed by atoms with Crippen molar-refractivity contribution < 1.29 is 4.79 Å². The van der Waals surface area contributed by atoms with Crippen molar-refractivity contribution in [3.63, 3.8) is 0 Å². The first-order valence-electron chi connectivity index (χ1n) is 7.41. The lowest BCUT2D eigenvalue weighted by Crippen LogP contribution is -2.54. The topological polar surface area (TPSA) is 44.4 Å². The third-order valence-corrected chi connectivity index (χ3v) is 4.44. The monoisotopic (exact) mass is 289 g/mol. The predicted molar refractivity (Wildman–Crippen MR) is 80.7 cm³/mol. The molecule has 0 aromatic heterocycles. The molecule has 2 aliphatic rings. The van der Waals surface area contributed by atoms with Gasteiger partial charge >= 0.3 is 0 Å². The quantitative estimate of drug-likeness (QED) is 0.825. The molecule has 1 heterocycles. The molecule has 2 rings (SSSR count). The molecule has 19 heavy (non-hydrogen) atoms. The van der Waals surface area contributed by atoms with Gasteiger partial charge in [0.15, 0.2) is 0 Å². The van der Waals surface area contributed by atoms with E-state index in [-0.39, 0.29) is 18.3 Å². The summed E-state index contributed by atoms with van der Waals surface area (Å²) < 4.78 is 0. The Hall–Kier alpha value is -0.320. The van der Waals surface area contributed by atoms with Crippen molar-refractivity contribution in [2.24, 2.45) is 5.92 Å². The number of piperazine rings is 1. The molecular formula is C14H28ClN3O. The van der Waals surface area contributed by atoms with Crippen molar-refractivity contribution in [1.82, 2.24) is 15.5 Å². The van der Waals surface area contributed by atoms with Crippen LogP contribution in [0, 0.1) is 5.92 Å². The highest BCUT2D eigenvalue weighted by molar-refractivity contribution is 5.85. The fourth-order valence-corrected chi connectivity index (χ4v) is 3.09. The van der Waals surface area contributed by atoms with Crippen LogP contribution >= 0.6 is 12.4 Å². The second-order valence-electron chi connectivity index (χ2n) is 5.96. The van der Waals surface area contributed by atoms with Gasteiger partial charge in [0.25, 0.3) is 0 Å². The SMILES string of the molecule is CC1CCCCC1NC(=O)CN1CCNC[C@@H]1C.Cl. The van der Waals surface area contributed by atoms with Crippen LogP contribution in [0.2, 0.25) is 0 Å². The summed E-state index contributed by atoms with van der Waals surface area (Å²) >= 11 is 0. The van der Waals surface area contributed by atoms with Crippen molar-refractivity contribution in [2.45, 2.75) is 51.6 Å². The second kappa shape index (κ2) is 8.08. The number of amides is 1. The Labute approximate surface area is 123 Å². The molecule has 2 unspecified atom stereocenters. The van der Waals surface area contributed by atoms with Gasteiger partial charge in [-0.2, -0.15) is 0 Å². The normalized spacial score (nSPS) is 32.4. The fourth-order valence-electron chi connectivity index (χ4n) is 3.09. The maximum absolute atomic E-state index is 12.1. The number of nitrogens with one attached hydrogen (secondary N) is 2. The Morgan fingerprint density at radius 1 is 1.32 bits per heavy atom. The Morgan fingerprint density at radius 3 is 2.74 bits per heavy atom. The van der Waals surface area contributed by atoms with E-state index in [9.17, 15) is 4.79 Å². The summed E-state index contributed by atoms with van der Waals surface area (Å²) in [6, 6.07) is 0.873. The molecule has 2 fully saturated rings. The number of nitrogens with zero attached hydrogens (tertiary/aromatic N) is 1. The van der Waals surface area contributed by atoms with Gasteiger partial charge in [-0.25, -0.2) is 0 Å². The highest BCUT2D eigenvalue weighted by atomic mass is 35.5. The highest BCUT2D eigenvalue weighted by Gasteiger charge is 2.25. The molecule has 4 nitrogen and oxygen atoms in total. The van der Waals surface area contributed by atoms with Crippen molar-refractivity contribution >= 4 is 18.3 Å². The van der Waals surface area contributed by atoms with Gasteiger partial charge in [-0.3, -0.25) is 9.69 Å². The molecule has 1 saturated carbocycles. The lowest BCUT2D eigenvalue weighted by molar-refractivity contribution is -0.124. The molecule has 0 spiro atoms. The summed E-state index contributed by atoms with van der Waals surface area (Å²) in [5.74, 6) is 0.852. The summed E-state index contributed by atoms with van der Waals surface area (Å²) in [7, 11) is 0. The van der Waals surface area contributed by atoms with Crippen molar-refractivity contribution in [2.75, 3.05) is 26.2 Å². The molecule has 2 N–H and O–H groups in total. The van der Waals surface area contributed by atoms with Crippen LogP contribution in [0.15, 0.2) is 0 Å². The minimum absolute atomic E-state index is 0. The van der Waals surface area contributed by atoms with E-state index in [4.69, 9.17) is 0 Å². The van der Waals surface area contributed by atoms with Crippen molar-refractivity contribution in [1.29, 1.82) is 0 Å². The van der Waals surface area contributed by atoms with Gasteiger partial charge in [0.1, 0.15) is 0 Å². The third kappa shape index (κ3) is 4.93. The molecule has 0 aromatic rings. The Balaban J connectivity index is 0.00000180. The molecule has 1 aliphatic heterocycles. The fraction of sp³-hybridized carbons (Fsp3) is 0.929. The Bertz CT molecular complexity index is 262. The molecule has 1 amide bonds. The van der Waals surface area contributed by atoms with E-state index in [2.05, 4.69) is 29.4 Å². The summed E-state index contributed by atoms with van der Waals surface area (Å²) in [5.41, 5.74) is 0. The van der Waals surface area contributed by atoms with E-state index in [0.29, 0.717) is 24.5 Å². The number of carbonyl (C=O) groups is 1. The zero-order chi connectivity index (χ0) is 13.0. The molecule has 112 valence electrons. The van der Waals surface area contributed by atoms with E-state index in [1.54, 1.807) is 0 Å². The van der Waals surface area contributed by atoms with Crippen LogP contribution < -0.4 is 10.6 Å². The van der Waals surface area contributed by atoms with E-state index in [1.807, 2.05) is 0 Å². The van der Waals surface area contributed by atoms with Crippen LogP contribution in [-0.2, 0) is 4.79 Å². The maximum atomic E-state index is 12.1. The van der Waals surface area contributed by atoms with Gasteiger partial charge in [0.2, 0.25) is 5.91 Å². The molecular weight excluding hydrogens is 262 g/mol. The number of halogens is 1. The van der Waals surface area contributed by atoms with Crippen LogP contribution in [0.25, 0.3) is 0 Å². The summed E-state index contributed by atoms with van der Waals surface area (Å²) in [4.78, 5) is 14.4. The molecule has 1 saturated heterocycles. The van der Waals surface area contributed by atoms with E-state index >= 15 is 0 Å². The number of rotatable bonds is 3. The first kappa shape index (κ1) is 16.7. The first-order valence-corrected chi connectivity index (χ1v) is 7.41. The minimum Gasteiger partial charge on any atom is -0.352 e. The van der Waals surface area contributed by atoms with Crippen LogP contribution in [0.5, 0.6) is 0 Å². The van der Waals surface area contributed by atoms with Gasteiger partial charge < -0.3 is 10.6 Å². The Kier molecular flexibility index (Phi) is 7.11. The lowest BCUT2D eigenvalue weighted by Gasteiger charge is -2.35. The van der Waals surface area contributed by atoms with Crippen LogP contribution in [0.4, 0.5) is 0 Å². The van der Waals surface area contributed by atoms with Crippen LogP contribution in [0.1, 0.15) is 39.5 Å². The zero-order valence-corrected chi connectivity index (χ0v) is 13.0. The van der Waals surface area contributed by atoms with Crippen molar-refractivity contribution in [3.05, 3.63) is 0 Å². The average Bonchev–Trinajstić information content (AvgIpc) is 2.35. The Morgan fingerprint density at radius 2 is 2.05 bits per heavy atom. The summed E-state index contributed by atoms with van der Waals surface area (Å²) in [6.45, 7) is 7.98. The van der Waals surface area contributed by atoms with E-state index in [0.717, 1.165) is 26.1 Å². The average molecular weight is 290 g/mol. The molecule has 0 radical (unpaired) electrons. The molecule has 3 atom stereocenters. The zero-order valence-electron chi connectivity index (χ0n) is 12.2. The molecule has 5 heteroatoms. The molecule has 0 aromatic carbocycles. The third-order valence-electron chi connectivity index (χ3n) is 4.44. The standard InChI is InChI=1S/C14H27N3O.ClH/c1-11-5-3-4-6-13(11)16-14(18)10-17-8-7-15-9-12(17)2;/h11-13,15H,3-10H2,1-2H3,(H,16,18);1H/t11?,12-,13?;/m0./s1. The van der Waals surface area contributed by atoms with Crippen LogP contribution in [-0.4, -0.2) is 49.1 Å². The molecule has 1 aliphatic carbocycles. The summed E-state index contributed by atoms with van der Waals surface area (Å²) in [6.07, 6.45) is 5.00. The molecule has 0 bridgehead atoms. The van der Waals surface area contributed by atoms with Crippen molar-refractivity contribution in [3.8, 4) is 0 Å².